The standard InChI is InChI=1S/C21H29NO4/c1-15(2)13-24-19-8-7-16(11-20(19)25-17-5-3-4-6-17)18-12-21(26-22-18)9-10-23-14-21/h7-8,11-12,15,17,22H,3-6,9-10,13-14H2,1-2H3. The highest BCUT2D eigenvalue weighted by Gasteiger charge is 2.39. The summed E-state index contributed by atoms with van der Waals surface area (Å²) in [5, 5.41) is 0. The molecule has 1 spiro atoms. The number of rotatable bonds is 6. The van der Waals surface area contributed by atoms with E-state index in [9.17, 15) is 0 Å². The van der Waals surface area contributed by atoms with Crippen molar-refractivity contribution in [1.29, 1.82) is 0 Å². The molecule has 0 amide bonds. The van der Waals surface area contributed by atoms with Gasteiger partial charge in [0.25, 0.3) is 0 Å². The molecule has 4 rings (SSSR count). The molecule has 1 aromatic rings. The number of hydrogen-bond acceptors (Lipinski definition) is 5. The molecular formula is C21H29NO4. The van der Waals surface area contributed by atoms with Crippen LogP contribution in [0.25, 0.3) is 5.70 Å². The van der Waals surface area contributed by atoms with Gasteiger partial charge in [0.15, 0.2) is 11.5 Å². The average Bonchev–Trinajstić information content (AvgIpc) is 3.38. The second-order valence-electron chi connectivity index (χ2n) is 8.02. The van der Waals surface area contributed by atoms with Gasteiger partial charge in [-0.05, 0) is 55.9 Å². The van der Waals surface area contributed by atoms with Gasteiger partial charge in [0.1, 0.15) is 5.60 Å². The van der Waals surface area contributed by atoms with Gasteiger partial charge in [-0.1, -0.05) is 13.8 Å². The van der Waals surface area contributed by atoms with Crippen molar-refractivity contribution in [2.75, 3.05) is 19.8 Å². The highest BCUT2D eigenvalue weighted by atomic mass is 16.7. The Bertz CT molecular complexity index is 658. The molecule has 2 aliphatic heterocycles. The molecule has 0 radical (unpaired) electrons. The van der Waals surface area contributed by atoms with E-state index in [-0.39, 0.29) is 5.60 Å². The van der Waals surface area contributed by atoms with E-state index in [2.05, 4.69) is 37.5 Å². The molecule has 26 heavy (non-hydrogen) atoms. The van der Waals surface area contributed by atoms with Crippen molar-refractivity contribution in [3.8, 4) is 11.5 Å². The zero-order valence-electron chi connectivity index (χ0n) is 15.8. The van der Waals surface area contributed by atoms with Crippen LogP contribution >= 0.6 is 0 Å². The molecular weight excluding hydrogens is 330 g/mol. The minimum atomic E-state index is -0.325. The summed E-state index contributed by atoms with van der Waals surface area (Å²) >= 11 is 0. The van der Waals surface area contributed by atoms with Crippen molar-refractivity contribution in [2.45, 2.75) is 57.7 Å². The summed E-state index contributed by atoms with van der Waals surface area (Å²) in [4.78, 5) is 5.81. The minimum absolute atomic E-state index is 0.294. The lowest BCUT2D eigenvalue weighted by molar-refractivity contribution is -0.0373. The molecule has 2 fully saturated rings. The summed E-state index contributed by atoms with van der Waals surface area (Å²) in [5.74, 6) is 2.14. The molecule has 142 valence electrons. The smallest absolute Gasteiger partial charge is 0.162 e. The van der Waals surface area contributed by atoms with E-state index in [1.165, 1.54) is 12.8 Å². The predicted octanol–water partition coefficient (Wildman–Crippen LogP) is 4.08. The summed E-state index contributed by atoms with van der Waals surface area (Å²) < 4.78 is 17.8. The van der Waals surface area contributed by atoms with E-state index in [1.54, 1.807) is 0 Å². The summed E-state index contributed by atoms with van der Waals surface area (Å²) in [7, 11) is 0. The van der Waals surface area contributed by atoms with Gasteiger partial charge in [0.05, 0.1) is 25.0 Å². The molecule has 1 unspecified atom stereocenters. The van der Waals surface area contributed by atoms with Gasteiger partial charge in [-0.25, -0.2) is 0 Å². The summed E-state index contributed by atoms with van der Waals surface area (Å²) in [6.07, 6.45) is 8.05. The number of benzene rings is 1. The van der Waals surface area contributed by atoms with Gasteiger partial charge in [0, 0.05) is 18.6 Å². The summed E-state index contributed by atoms with van der Waals surface area (Å²) in [5.41, 5.74) is 4.78. The van der Waals surface area contributed by atoms with E-state index in [4.69, 9.17) is 19.0 Å². The maximum Gasteiger partial charge on any atom is 0.162 e. The molecule has 1 aromatic carbocycles. The fourth-order valence-electron chi connectivity index (χ4n) is 3.71. The molecule has 1 atom stereocenters. The Morgan fingerprint density at radius 2 is 2.08 bits per heavy atom. The van der Waals surface area contributed by atoms with Crippen molar-refractivity contribution in [2.24, 2.45) is 5.92 Å². The summed E-state index contributed by atoms with van der Waals surface area (Å²) in [6.45, 7) is 6.33. The van der Waals surface area contributed by atoms with Crippen molar-refractivity contribution >= 4 is 5.70 Å². The molecule has 1 aliphatic carbocycles. The second kappa shape index (κ2) is 7.49. The first-order valence-electron chi connectivity index (χ1n) is 9.82. The van der Waals surface area contributed by atoms with E-state index in [1.807, 2.05) is 6.07 Å². The first-order valence-corrected chi connectivity index (χ1v) is 9.82. The van der Waals surface area contributed by atoms with Crippen LogP contribution < -0.4 is 15.0 Å². The number of ether oxygens (including phenoxy) is 3. The van der Waals surface area contributed by atoms with Gasteiger partial charge >= 0.3 is 0 Å². The van der Waals surface area contributed by atoms with Crippen molar-refractivity contribution in [1.82, 2.24) is 5.48 Å². The van der Waals surface area contributed by atoms with Crippen LogP contribution in [0.1, 0.15) is 51.5 Å². The van der Waals surface area contributed by atoms with E-state index in [0.717, 1.165) is 48.6 Å². The second-order valence-corrected chi connectivity index (χ2v) is 8.02. The molecule has 1 saturated carbocycles. The van der Waals surface area contributed by atoms with Gasteiger partial charge in [-0.15, -0.1) is 0 Å². The molecule has 2 heterocycles. The SMILES string of the molecule is CC(C)COc1ccc(C2=CC3(CCOC3)ON2)cc1OC1CCCC1. The number of hydroxylamine groups is 1. The topological polar surface area (TPSA) is 49.0 Å². The van der Waals surface area contributed by atoms with Gasteiger partial charge < -0.3 is 14.2 Å². The van der Waals surface area contributed by atoms with Crippen LogP contribution in [0.15, 0.2) is 24.3 Å². The van der Waals surface area contributed by atoms with E-state index < -0.39 is 0 Å². The third-order valence-corrected chi connectivity index (χ3v) is 5.21. The highest BCUT2D eigenvalue weighted by molar-refractivity contribution is 5.68. The van der Waals surface area contributed by atoms with E-state index >= 15 is 0 Å². The lowest BCUT2D eigenvalue weighted by atomic mass is 10.0. The van der Waals surface area contributed by atoms with E-state index in [0.29, 0.717) is 25.2 Å². The fraction of sp³-hybridized carbons (Fsp3) is 0.619. The maximum atomic E-state index is 6.31. The lowest BCUT2D eigenvalue weighted by Gasteiger charge is -2.19. The first kappa shape index (κ1) is 17.7. The Balaban J connectivity index is 1.57. The van der Waals surface area contributed by atoms with Crippen LogP contribution in [-0.2, 0) is 9.57 Å². The van der Waals surface area contributed by atoms with Crippen LogP contribution in [-0.4, -0.2) is 31.5 Å². The molecule has 1 saturated heterocycles. The Morgan fingerprint density at radius 3 is 2.81 bits per heavy atom. The average molecular weight is 359 g/mol. The predicted molar refractivity (Wildman–Crippen MR) is 100 cm³/mol. The molecule has 5 nitrogen and oxygen atoms in total. The largest absolute Gasteiger partial charge is 0.489 e. The third kappa shape index (κ3) is 3.84. The lowest BCUT2D eigenvalue weighted by Crippen LogP contribution is -2.29. The maximum absolute atomic E-state index is 6.31. The van der Waals surface area contributed by atoms with Gasteiger partial charge in [-0.3, -0.25) is 10.3 Å². The van der Waals surface area contributed by atoms with Gasteiger partial charge in [0.2, 0.25) is 0 Å². The quantitative estimate of drug-likeness (QED) is 0.829. The van der Waals surface area contributed by atoms with Crippen LogP contribution in [0.5, 0.6) is 11.5 Å². The number of nitrogens with one attached hydrogen (secondary N) is 1. The third-order valence-electron chi connectivity index (χ3n) is 5.21. The molecule has 5 heteroatoms. The van der Waals surface area contributed by atoms with Crippen LogP contribution in [0.3, 0.4) is 0 Å². The molecule has 0 aromatic heterocycles. The van der Waals surface area contributed by atoms with Crippen molar-refractivity contribution in [3.05, 3.63) is 29.8 Å². The minimum Gasteiger partial charge on any atom is -0.489 e. The van der Waals surface area contributed by atoms with Gasteiger partial charge in [-0.2, -0.15) is 0 Å². The Morgan fingerprint density at radius 1 is 1.23 bits per heavy atom. The fourth-order valence-corrected chi connectivity index (χ4v) is 3.71. The zero-order valence-corrected chi connectivity index (χ0v) is 15.8. The molecule has 3 aliphatic rings. The first-order chi connectivity index (χ1) is 12.6. The molecule has 0 bridgehead atoms. The Hall–Kier alpha value is -1.72. The van der Waals surface area contributed by atoms with Crippen molar-refractivity contribution in [3.63, 3.8) is 0 Å². The Kier molecular flexibility index (Phi) is 5.09. The normalized spacial score (nSPS) is 25.7. The van der Waals surface area contributed by atoms with Crippen LogP contribution in [0.2, 0.25) is 0 Å². The van der Waals surface area contributed by atoms with Crippen LogP contribution in [0, 0.1) is 5.92 Å². The zero-order chi connectivity index (χ0) is 18.0. The Labute approximate surface area is 155 Å². The van der Waals surface area contributed by atoms with Crippen LogP contribution in [0.4, 0.5) is 0 Å². The monoisotopic (exact) mass is 359 g/mol. The highest BCUT2D eigenvalue weighted by Crippen LogP contribution is 2.37. The van der Waals surface area contributed by atoms with Crippen molar-refractivity contribution < 1.29 is 19.0 Å². The number of hydrogen-bond donors (Lipinski definition) is 1. The molecule has 1 N–H and O–H groups in total. The summed E-state index contributed by atoms with van der Waals surface area (Å²) in [6, 6.07) is 6.15.